The number of hydrogen-bond acceptors (Lipinski definition) is 4. The number of aromatic nitrogens is 1. The molecule has 2 aromatic rings. The molecule has 1 saturated heterocycles. The van der Waals surface area contributed by atoms with E-state index in [2.05, 4.69) is 73.2 Å². The highest BCUT2D eigenvalue weighted by molar-refractivity contribution is 5.39. The number of fused-ring (bicyclic) bond motifs is 1. The zero-order chi connectivity index (χ0) is 19.8. The maximum absolute atomic E-state index is 5.69. The first kappa shape index (κ1) is 19.4. The van der Waals surface area contributed by atoms with Crippen LogP contribution in [0.15, 0.2) is 42.6 Å². The van der Waals surface area contributed by atoms with Crippen LogP contribution in [0, 0.1) is 0 Å². The number of nitrogens with one attached hydrogen (secondary N) is 1. The summed E-state index contributed by atoms with van der Waals surface area (Å²) < 4.78 is 5.69. The number of hydrogen-bond donors (Lipinski definition) is 1. The minimum Gasteiger partial charge on any atom is -0.493 e. The number of rotatable bonds is 5. The van der Waals surface area contributed by atoms with Crippen LogP contribution < -0.4 is 10.1 Å². The summed E-state index contributed by atoms with van der Waals surface area (Å²) in [4.78, 5) is 7.24. The number of piperidine rings is 1. The van der Waals surface area contributed by atoms with Crippen molar-refractivity contribution < 1.29 is 4.74 Å². The lowest BCUT2D eigenvalue weighted by molar-refractivity contribution is 0.0556. The van der Waals surface area contributed by atoms with Crippen LogP contribution in [-0.2, 0) is 19.5 Å². The minimum atomic E-state index is 0.126. The normalized spacial score (nSPS) is 20.8. The van der Waals surface area contributed by atoms with Crippen LogP contribution >= 0.6 is 0 Å². The van der Waals surface area contributed by atoms with E-state index in [1.807, 2.05) is 12.3 Å². The predicted octanol–water partition coefficient (Wildman–Crippen LogP) is 4.33. The summed E-state index contributed by atoms with van der Waals surface area (Å²) in [7, 11) is 0. The molecule has 0 spiro atoms. The largest absolute Gasteiger partial charge is 0.493 e. The van der Waals surface area contributed by atoms with Crippen molar-refractivity contribution in [1.29, 1.82) is 0 Å². The first-order valence-corrected chi connectivity index (χ1v) is 10.5. The molecule has 0 unspecified atom stereocenters. The molecule has 1 fully saturated rings. The van der Waals surface area contributed by atoms with Gasteiger partial charge in [-0.2, -0.15) is 0 Å². The molecule has 1 aromatic heterocycles. The lowest BCUT2D eigenvalue weighted by Crippen LogP contribution is -2.62. The molecule has 0 saturated carbocycles. The maximum atomic E-state index is 5.69. The Morgan fingerprint density at radius 3 is 2.57 bits per heavy atom. The molecule has 0 radical (unpaired) electrons. The Hall–Kier alpha value is -1.91. The maximum Gasteiger partial charge on any atom is 0.122 e. The molecule has 2 aliphatic rings. The van der Waals surface area contributed by atoms with Crippen LogP contribution in [0.4, 0.5) is 0 Å². The second-order valence-electron chi connectivity index (χ2n) is 9.72. The van der Waals surface area contributed by atoms with Gasteiger partial charge in [-0.05, 0) is 69.9 Å². The SMILES string of the molecule is CC1(C)CC(N(Cc2ccc3c(c2)CCO3)Cc2ccccn2)CC(C)(C)N1. The van der Waals surface area contributed by atoms with Crippen LogP contribution in [0.2, 0.25) is 0 Å². The molecule has 1 aromatic carbocycles. The van der Waals surface area contributed by atoms with Crippen LogP contribution in [0.5, 0.6) is 5.75 Å². The zero-order valence-electron chi connectivity index (χ0n) is 17.7. The summed E-state index contributed by atoms with van der Waals surface area (Å²) in [6, 6.07) is 13.4. The summed E-state index contributed by atoms with van der Waals surface area (Å²) >= 11 is 0. The monoisotopic (exact) mass is 379 g/mol. The van der Waals surface area contributed by atoms with Crippen molar-refractivity contribution in [3.05, 3.63) is 59.4 Å². The third kappa shape index (κ3) is 4.56. The molecule has 4 heteroatoms. The van der Waals surface area contributed by atoms with Crippen molar-refractivity contribution in [2.75, 3.05) is 6.61 Å². The van der Waals surface area contributed by atoms with E-state index < -0.39 is 0 Å². The molecule has 4 nitrogen and oxygen atoms in total. The Labute approximate surface area is 169 Å². The van der Waals surface area contributed by atoms with Gasteiger partial charge in [0.2, 0.25) is 0 Å². The molecule has 0 atom stereocenters. The van der Waals surface area contributed by atoms with E-state index in [0.717, 1.165) is 50.4 Å². The Balaban J connectivity index is 1.60. The zero-order valence-corrected chi connectivity index (χ0v) is 17.7. The molecule has 4 rings (SSSR count). The Morgan fingerprint density at radius 1 is 1.07 bits per heavy atom. The van der Waals surface area contributed by atoms with Crippen LogP contribution in [0.3, 0.4) is 0 Å². The van der Waals surface area contributed by atoms with E-state index in [1.165, 1.54) is 11.1 Å². The molecular formula is C24H33N3O. The molecular weight excluding hydrogens is 346 g/mol. The fraction of sp³-hybridized carbons (Fsp3) is 0.542. The Morgan fingerprint density at radius 2 is 1.86 bits per heavy atom. The average Bonchev–Trinajstić information content (AvgIpc) is 3.07. The highest BCUT2D eigenvalue weighted by Crippen LogP contribution is 2.34. The molecule has 0 amide bonds. The van der Waals surface area contributed by atoms with Gasteiger partial charge < -0.3 is 10.1 Å². The third-order valence-electron chi connectivity index (χ3n) is 5.92. The van der Waals surface area contributed by atoms with Crippen molar-refractivity contribution in [2.24, 2.45) is 0 Å². The molecule has 0 bridgehead atoms. The molecule has 1 N–H and O–H groups in total. The number of pyridine rings is 1. The molecule has 0 aliphatic carbocycles. The fourth-order valence-corrected chi connectivity index (χ4v) is 5.11. The molecule has 3 heterocycles. The van der Waals surface area contributed by atoms with Crippen LogP contribution in [-0.4, -0.2) is 33.6 Å². The summed E-state index contributed by atoms with van der Waals surface area (Å²) in [6.07, 6.45) is 5.20. The fourth-order valence-electron chi connectivity index (χ4n) is 5.11. The second kappa shape index (κ2) is 7.49. The van der Waals surface area contributed by atoms with Crippen LogP contribution in [0.1, 0.15) is 57.4 Å². The van der Waals surface area contributed by atoms with E-state index in [1.54, 1.807) is 0 Å². The summed E-state index contributed by atoms with van der Waals surface area (Å²) in [5.41, 5.74) is 4.11. The van der Waals surface area contributed by atoms with Gasteiger partial charge >= 0.3 is 0 Å². The quantitative estimate of drug-likeness (QED) is 0.839. The third-order valence-corrected chi connectivity index (χ3v) is 5.92. The molecule has 2 aliphatic heterocycles. The van der Waals surface area contributed by atoms with Crippen molar-refractivity contribution in [3.8, 4) is 5.75 Å². The average molecular weight is 380 g/mol. The van der Waals surface area contributed by atoms with Crippen LogP contribution in [0.25, 0.3) is 0 Å². The van der Waals surface area contributed by atoms with Gasteiger partial charge in [-0.15, -0.1) is 0 Å². The van der Waals surface area contributed by atoms with Crippen molar-refractivity contribution in [3.63, 3.8) is 0 Å². The van der Waals surface area contributed by atoms with E-state index in [9.17, 15) is 0 Å². The highest BCUT2D eigenvalue weighted by Gasteiger charge is 2.40. The summed E-state index contributed by atoms with van der Waals surface area (Å²) in [6.45, 7) is 11.9. The van der Waals surface area contributed by atoms with Gasteiger partial charge in [0.15, 0.2) is 0 Å². The summed E-state index contributed by atoms with van der Waals surface area (Å²) in [5.74, 6) is 1.06. The Bertz CT molecular complexity index is 800. The van der Waals surface area contributed by atoms with Gasteiger partial charge in [-0.3, -0.25) is 9.88 Å². The van der Waals surface area contributed by atoms with Gasteiger partial charge in [0, 0.05) is 42.8 Å². The topological polar surface area (TPSA) is 37.4 Å². The van der Waals surface area contributed by atoms with E-state index in [0.29, 0.717) is 6.04 Å². The number of nitrogens with zero attached hydrogens (tertiary/aromatic N) is 2. The van der Waals surface area contributed by atoms with E-state index in [-0.39, 0.29) is 11.1 Å². The van der Waals surface area contributed by atoms with Crippen molar-refractivity contribution >= 4 is 0 Å². The van der Waals surface area contributed by atoms with E-state index >= 15 is 0 Å². The lowest BCUT2D eigenvalue weighted by atomic mass is 9.79. The smallest absolute Gasteiger partial charge is 0.122 e. The van der Waals surface area contributed by atoms with Gasteiger partial charge in [-0.25, -0.2) is 0 Å². The van der Waals surface area contributed by atoms with Gasteiger partial charge in [-0.1, -0.05) is 18.2 Å². The minimum absolute atomic E-state index is 0.126. The van der Waals surface area contributed by atoms with Crippen molar-refractivity contribution in [1.82, 2.24) is 15.2 Å². The lowest BCUT2D eigenvalue weighted by Gasteiger charge is -2.49. The predicted molar refractivity (Wildman–Crippen MR) is 113 cm³/mol. The van der Waals surface area contributed by atoms with Crippen molar-refractivity contribution in [2.45, 2.75) is 77.2 Å². The van der Waals surface area contributed by atoms with E-state index in [4.69, 9.17) is 4.74 Å². The second-order valence-corrected chi connectivity index (χ2v) is 9.72. The standard InChI is InChI=1S/C24H33N3O/c1-23(2)14-21(15-24(3,4)26-23)27(17-20-7-5-6-11-25-20)16-18-8-9-22-19(13-18)10-12-28-22/h5-9,11,13,21,26H,10,12,14-17H2,1-4H3. The number of ether oxygens (including phenoxy) is 1. The molecule has 150 valence electrons. The summed E-state index contributed by atoms with van der Waals surface area (Å²) in [5, 5.41) is 3.82. The first-order valence-electron chi connectivity index (χ1n) is 10.5. The molecule has 28 heavy (non-hydrogen) atoms. The van der Waals surface area contributed by atoms with Gasteiger partial charge in [0.05, 0.1) is 12.3 Å². The van der Waals surface area contributed by atoms with Gasteiger partial charge in [0.25, 0.3) is 0 Å². The Kier molecular flexibility index (Phi) is 5.19. The highest BCUT2D eigenvalue weighted by atomic mass is 16.5. The number of benzene rings is 1. The first-order chi connectivity index (χ1) is 13.3. The van der Waals surface area contributed by atoms with Gasteiger partial charge in [0.1, 0.15) is 5.75 Å².